The Balaban J connectivity index is 0.00000147. The van der Waals surface area contributed by atoms with E-state index >= 15 is 0 Å². The summed E-state index contributed by atoms with van der Waals surface area (Å²) in [4.78, 5) is 4.83. The van der Waals surface area contributed by atoms with Crippen LogP contribution in [0, 0.1) is 0 Å². The summed E-state index contributed by atoms with van der Waals surface area (Å²) >= 11 is 1.78. The van der Waals surface area contributed by atoms with Crippen molar-refractivity contribution >= 4 is 23.7 Å². The van der Waals surface area contributed by atoms with Gasteiger partial charge in [0.05, 0.1) is 16.3 Å². The lowest BCUT2D eigenvalue weighted by Gasteiger charge is -2.34. The lowest BCUT2D eigenvalue weighted by molar-refractivity contribution is -0.0593. The van der Waals surface area contributed by atoms with E-state index in [9.17, 15) is 0 Å². The van der Waals surface area contributed by atoms with E-state index in [0.29, 0.717) is 5.92 Å². The van der Waals surface area contributed by atoms with Crippen molar-refractivity contribution < 1.29 is 4.74 Å². The Bertz CT molecular complexity index is 553. The van der Waals surface area contributed by atoms with Crippen LogP contribution in [0.2, 0.25) is 0 Å². The number of rotatable bonds is 2. The zero-order valence-corrected chi connectivity index (χ0v) is 13.5. The number of thiazole rings is 1. The Morgan fingerprint density at radius 3 is 2.70 bits per heavy atom. The Morgan fingerprint density at radius 1 is 1.25 bits per heavy atom. The largest absolute Gasteiger partial charge is 0.376 e. The molecule has 1 aliphatic rings. The van der Waals surface area contributed by atoms with Crippen molar-refractivity contribution in [1.82, 2.24) is 4.98 Å². The van der Waals surface area contributed by atoms with Crippen LogP contribution in [-0.2, 0) is 4.74 Å². The highest BCUT2D eigenvalue weighted by atomic mass is 35.5. The molecule has 1 unspecified atom stereocenters. The maximum Gasteiger partial charge on any atom is 0.0965 e. The van der Waals surface area contributed by atoms with Gasteiger partial charge in [-0.25, -0.2) is 4.98 Å². The molecule has 0 saturated carbocycles. The van der Waals surface area contributed by atoms with Crippen molar-refractivity contribution in [2.75, 3.05) is 6.61 Å². The van der Waals surface area contributed by atoms with Gasteiger partial charge in [0.25, 0.3) is 0 Å². The van der Waals surface area contributed by atoms with Crippen LogP contribution < -0.4 is 0 Å². The lowest BCUT2D eigenvalue weighted by Crippen LogP contribution is -2.32. The first-order chi connectivity index (χ1) is 9.14. The maximum atomic E-state index is 5.79. The molecule has 0 spiro atoms. The maximum absolute atomic E-state index is 5.79. The molecule has 0 N–H and O–H groups in total. The Morgan fingerprint density at radius 2 is 2.00 bits per heavy atom. The van der Waals surface area contributed by atoms with Gasteiger partial charge in [0.1, 0.15) is 0 Å². The van der Waals surface area contributed by atoms with E-state index < -0.39 is 0 Å². The fourth-order valence-corrected chi connectivity index (χ4v) is 3.63. The molecule has 2 nitrogen and oxygen atoms in total. The molecule has 4 heteroatoms. The first-order valence-electron chi connectivity index (χ1n) is 6.79. The molecule has 0 radical (unpaired) electrons. The molecule has 0 bridgehead atoms. The van der Waals surface area contributed by atoms with Gasteiger partial charge in [-0.1, -0.05) is 30.3 Å². The molecule has 1 fully saturated rings. The van der Waals surface area contributed by atoms with Gasteiger partial charge >= 0.3 is 0 Å². The molecule has 0 aliphatic carbocycles. The third-order valence-electron chi connectivity index (χ3n) is 3.64. The van der Waals surface area contributed by atoms with Gasteiger partial charge in [0, 0.05) is 23.5 Å². The standard InChI is InChI=1S/C16H19NOS.ClH/c1-16(2)10-13(8-9-18-16)15-17-14(11-19-15)12-6-4-3-5-7-12;/h3-7,11,13H,8-10H2,1-2H3;1H. The van der Waals surface area contributed by atoms with E-state index in [4.69, 9.17) is 9.72 Å². The topological polar surface area (TPSA) is 22.1 Å². The van der Waals surface area contributed by atoms with Crippen LogP contribution in [0.25, 0.3) is 11.3 Å². The first-order valence-corrected chi connectivity index (χ1v) is 7.67. The van der Waals surface area contributed by atoms with Gasteiger partial charge in [-0.2, -0.15) is 0 Å². The summed E-state index contributed by atoms with van der Waals surface area (Å²) in [5, 5.41) is 3.43. The van der Waals surface area contributed by atoms with E-state index in [0.717, 1.165) is 25.1 Å². The molecule has 3 rings (SSSR count). The van der Waals surface area contributed by atoms with Crippen LogP contribution in [0.1, 0.15) is 37.6 Å². The monoisotopic (exact) mass is 309 g/mol. The Kier molecular flexibility index (Phi) is 4.84. The van der Waals surface area contributed by atoms with E-state index in [-0.39, 0.29) is 18.0 Å². The quantitative estimate of drug-likeness (QED) is 0.786. The Labute approximate surface area is 130 Å². The predicted octanol–water partition coefficient (Wildman–Crippen LogP) is 4.90. The number of halogens is 1. The fraction of sp³-hybridized carbons (Fsp3) is 0.438. The number of benzene rings is 1. The molecule has 20 heavy (non-hydrogen) atoms. The summed E-state index contributed by atoms with van der Waals surface area (Å²) in [6.45, 7) is 5.19. The first kappa shape index (κ1) is 15.5. The third-order valence-corrected chi connectivity index (χ3v) is 4.65. The average Bonchev–Trinajstić information content (AvgIpc) is 2.88. The second-order valence-corrected chi connectivity index (χ2v) is 6.62. The molecule has 1 aliphatic heterocycles. The molecule has 1 aromatic carbocycles. The second kappa shape index (κ2) is 6.25. The van der Waals surface area contributed by atoms with E-state index in [2.05, 4.69) is 43.5 Å². The molecule has 1 atom stereocenters. The van der Waals surface area contributed by atoms with Crippen LogP contribution in [-0.4, -0.2) is 17.2 Å². The van der Waals surface area contributed by atoms with Gasteiger partial charge in [0.2, 0.25) is 0 Å². The fourth-order valence-electron chi connectivity index (χ4n) is 2.66. The lowest BCUT2D eigenvalue weighted by atomic mass is 9.89. The summed E-state index contributed by atoms with van der Waals surface area (Å²) in [6.07, 6.45) is 2.15. The van der Waals surface area contributed by atoms with E-state index in [1.165, 1.54) is 10.6 Å². The third kappa shape index (κ3) is 3.40. The molecule has 1 saturated heterocycles. The molecule has 2 aromatic rings. The average molecular weight is 310 g/mol. The summed E-state index contributed by atoms with van der Waals surface area (Å²) in [5.41, 5.74) is 2.29. The van der Waals surface area contributed by atoms with Crippen LogP contribution in [0.15, 0.2) is 35.7 Å². The minimum atomic E-state index is -0.0124. The van der Waals surface area contributed by atoms with Crippen molar-refractivity contribution in [2.45, 2.75) is 38.2 Å². The van der Waals surface area contributed by atoms with Crippen LogP contribution in [0.4, 0.5) is 0 Å². The smallest absolute Gasteiger partial charge is 0.0965 e. The van der Waals surface area contributed by atoms with Crippen LogP contribution in [0.5, 0.6) is 0 Å². The SMILES string of the molecule is CC1(C)CC(c2nc(-c3ccccc3)cs2)CCO1.Cl. The second-order valence-electron chi connectivity index (χ2n) is 5.73. The number of hydrogen-bond donors (Lipinski definition) is 0. The van der Waals surface area contributed by atoms with E-state index in [1.807, 2.05) is 6.07 Å². The van der Waals surface area contributed by atoms with Gasteiger partial charge in [-0.15, -0.1) is 23.7 Å². The summed E-state index contributed by atoms with van der Waals surface area (Å²) in [5.74, 6) is 0.547. The number of nitrogens with zero attached hydrogens (tertiary/aromatic N) is 1. The van der Waals surface area contributed by atoms with Crippen LogP contribution in [0.3, 0.4) is 0 Å². The Hall–Kier alpha value is -0.900. The molecular formula is C16H20ClNOS. The van der Waals surface area contributed by atoms with Gasteiger partial charge in [-0.3, -0.25) is 0 Å². The van der Waals surface area contributed by atoms with Crippen molar-refractivity contribution in [1.29, 1.82) is 0 Å². The van der Waals surface area contributed by atoms with Crippen molar-refractivity contribution in [3.05, 3.63) is 40.7 Å². The summed E-state index contributed by atoms with van der Waals surface area (Å²) < 4.78 is 5.79. The highest BCUT2D eigenvalue weighted by Crippen LogP contribution is 2.37. The minimum Gasteiger partial charge on any atom is -0.376 e. The molecule has 1 aromatic heterocycles. The van der Waals surface area contributed by atoms with Gasteiger partial charge in [0.15, 0.2) is 0 Å². The normalized spacial score (nSPS) is 21.2. The summed E-state index contributed by atoms with van der Waals surface area (Å²) in [6, 6.07) is 10.4. The van der Waals surface area contributed by atoms with Gasteiger partial charge < -0.3 is 4.74 Å². The van der Waals surface area contributed by atoms with Gasteiger partial charge in [-0.05, 0) is 26.7 Å². The van der Waals surface area contributed by atoms with E-state index in [1.54, 1.807) is 11.3 Å². The van der Waals surface area contributed by atoms with Crippen molar-refractivity contribution in [3.63, 3.8) is 0 Å². The molecule has 108 valence electrons. The predicted molar refractivity (Wildman–Crippen MR) is 86.8 cm³/mol. The van der Waals surface area contributed by atoms with Crippen LogP contribution >= 0.6 is 23.7 Å². The number of hydrogen-bond acceptors (Lipinski definition) is 3. The zero-order chi connectivity index (χ0) is 13.3. The highest BCUT2D eigenvalue weighted by Gasteiger charge is 2.31. The molecule has 2 heterocycles. The van der Waals surface area contributed by atoms with Crippen molar-refractivity contribution in [3.8, 4) is 11.3 Å². The highest BCUT2D eigenvalue weighted by molar-refractivity contribution is 7.10. The zero-order valence-electron chi connectivity index (χ0n) is 11.8. The molecule has 0 amide bonds. The minimum absolute atomic E-state index is 0. The molecular weight excluding hydrogens is 290 g/mol. The summed E-state index contributed by atoms with van der Waals surface area (Å²) in [7, 11) is 0. The van der Waals surface area contributed by atoms with Crippen molar-refractivity contribution in [2.24, 2.45) is 0 Å². The number of aromatic nitrogens is 1. The number of ether oxygens (including phenoxy) is 1.